The number of benzene rings is 1. The largest absolute Gasteiger partial charge is 0.383 e. The summed E-state index contributed by atoms with van der Waals surface area (Å²) >= 11 is 17.6. The molecule has 1 heterocycles. The molecule has 0 atom stereocenters. The Morgan fingerprint density at radius 2 is 1.50 bits per heavy atom. The maximum Gasteiger partial charge on any atom is 0.327 e. The fourth-order valence-corrected chi connectivity index (χ4v) is 2.22. The maximum atomic E-state index is 11.5. The van der Waals surface area contributed by atoms with Crippen LogP contribution in [0.15, 0.2) is 32.0 Å². The number of rotatable bonds is 2. The van der Waals surface area contributed by atoms with E-state index in [1.807, 2.05) is 4.98 Å². The van der Waals surface area contributed by atoms with Crippen LogP contribution in [-0.2, 0) is 0 Å². The lowest BCUT2D eigenvalue weighted by atomic mass is 10.3. The van der Waals surface area contributed by atoms with Crippen molar-refractivity contribution in [3.63, 3.8) is 0 Å². The number of halogens is 3. The zero-order valence-corrected chi connectivity index (χ0v) is 11.8. The molecule has 1 aromatic heterocycles. The molecule has 0 spiro atoms. The Kier molecular flexibility index (Phi) is 4.12. The van der Waals surface area contributed by atoms with E-state index in [1.54, 1.807) is 0 Å². The van der Waals surface area contributed by atoms with Crippen molar-refractivity contribution in [2.24, 2.45) is 10.2 Å². The van der Waals surface area contributed by atoms with Gasteiger partial charge in [0.2, 0.25) is 0 Å². The molecule has 0 aliphatic heterocycles. The molecule has 2 rings (SSSR count). The second kappa shape index (κ2) is 5.66. The second-order valence-corrected chi connectivity index (χ2v) is 4.84. The molecule has 0 radical (unpaired) electrons. The van der Waals surface area contributed by atoms with Crippen molar-refractivity contribution in [1.82, 2.24) is 9.97 Å². The van der Waals surface area contributed by atoms with E-state index >= 15 is 0 Å². The summed E-state index contributed by atoms with van der Waals surface area (Å²) < 4.78 is 0. The fourth-order valence-electron chi connectivity index (χ4n) is 1.33. The summed E-state index contributed by atoms with van der Waals surface area (Å²) in [7, 11) is 0. The van der Waals surface area contributed by atoms with Crippen LogP contribution < -0.4 is 17.0 Å². The highest BCUT2D eigenvalue weighted by Crippen LogP contribution is 2.36. The Hall–Kier alpha value is -1.83. The van der Waals surface area contributed by atoms with E-state index in [1.165, 1.54) is 12.1 Å². The molecule has 4 N–H and O–H groups in total. The van der Waals surface area contributed by atoms with Gasteiger partial charge in [0.05, 0.1) is 10.0 Å². The summed E-state index contributed by atoms with van der Waals surface area (Å²) in [5.41, 5.74) is 3.82. The van der Waals surface area contributed by atoms with Gasteiger partial charge in [0.25, 0.3) is 5.56 Å². The molecule has 2 aromatic rings. The molecule has 0 bridgehead atoms. The molecule has 0 aliphatic carbocycles. The van der Waals surface area contributed by atoms with Crippen LogP contribution >= 0.6 is 34.8 Å². The molecule has 0 saturated carbocycles. The molecule has 0 amide bonds. The summed E-state index contributed by atoms with van der Waals surface area (Å²) in [6.07, 6.45) is 0. The predicted octanol–water partition coefficient (Wildman–Crippen LogP) is 3.02. The molecule has 10 heteroatoms. The van der Waals surface area contributed by atoms with Gasteiger partial charge in [0, 0.05) is 5.02 Å². The van der Waals surface area contributed by atoms with Gasteiger partial charge < -0.3 is 5.73 Å². The van der Waals surface area contributed by atoms with Gasteiger partial charge in [-0.2, -0.15) is 0 Å². The van der Waals surface area contributed by atoms with Crippen LogP contribution in [0.4, 0.5) is 17.2 Å². The Labute approximate surface area is 126 Å². The lowest BCUT2D eigenvalue weighted by molar-refractivity contribution is 1.03. The van der Waals surface area contributed by atoms with Crippen molar-refractivity contribution in [2.75, 3.05) is 5.73 Å². The standard InChI is InChI=1S/C10H6Cl3N5O2/c11-3-1-4(12)6(5(13)2-3)17-18-7-8(14)15-10(20)16-9(7)19/h1-2H,(H4,14,15,16,19,20). The van der Waals surface area contributed by atoms with E-state index in [9.17, 15) is 9.59 Å². The van der Waals surface area contributed by atoms with Gasteiger partial charge in [-0.05, 0) is 12.1 Å². The van der Waals surface area contributed by atoms with Gasteiger partial charge in [-0.15, -0.1) is 10.2 Å². The van der Waals surface area contributed by atoms with E-state index in [0.29, 0.717) is 5.02 Å². The van der Waals surface area contributed by atoms with Gasteiger partial charge in [0.15, 0.2) is 5.69 Å². The zero-order chi connectivity index (χ0) is 14.9. The molecule has 0 unspecified atom stereocenters. The SMILES string of the molecule is Nc1[nH]c(=O)[nH]c(=O)c1N=Nc1c(Cl)cc(Cl)cc1Cl. The number of hydrogen-bond acceptors (Lipinski definition) is 5. The van der Waals surface area contributed by atoms with Crippen LogP contribution in [0.3, 0.4) is 0 Å². The van der Waals surface area contributed by atoms with Gasteiger partial charge in [-0.1, -0.05) is 34.8 Å². The third-order valence-corrected chi connectivity index (χ3v) is 2.97. The van der Waals surface area contributed by atoms with Crippen LogP contribution in [0, 0.1) is 0 Å². The first-order valence-electron chi connectivity index (χ1n) is 5.07. The number of nitrogen functional groups attached to an aromatic ring is 1. The molecule has 1 aromatic carbocycles. The highest BCUT2D eigenvalue weighted by molar-refractivity contribution is 6.41. The number of anilines is 1. The third kappa shape index (κ3) is 3.01. The number of nitrogens with one attached hydrogen (secondary N) is 2. The molecular weight excluding hydrogens is 329 g/mol. The van der Waals surface area contributed by atoms with Crippen molar-refractivity contribution >= 4 is 52.0 Å². The Morgan fingerprint density at radius 3 is 2.05 bits per heavy atom. The van der Waals surface area contributed by atoms with E-state index in [0.717, 1.165) is 0 Å². The Balaban J connectivity index is 2.51. The van der Waals surface area contributed by atoms with Crippen molar-refractivity contribution < 1.29 is 0 Å². The minimum Gasteiger partial charge on any atom is -0.383 e. The first-order chi connectivity index (χ1) is 9.38. The molecule has 0 saturated heterocycles. The third-order valence-electron chi connectivity index (χ3n) is 2.18. The van der Waals surface area contributed by atoms with Gasteiger partial charge in [0.1, 0.15) is 11.5 Å². The summed E-state index contributed by atoms with van der Waals surface area (Å²) in [5.74, 6) is -0.219. The average Bonchev–Trinajstić information content (AvgIpc) is 2.30. The van der Waals surface area contributed by atoms with Crippen molar-refractivity contribution in [1.29, 1.82) is 0 Å². The Morgan fingerprint density at radius 1 is 0.950 bits per heavy atom. The smallest absolute Gasteiger partial charge is 0.327 e. The van der Waals surface area contributed by atoms with Crippen LogP contribution in [0.1, 0.15) is 0 Å². The van der Waals surface area contributed by atoms with Crippen LogP contribution in [0.25, 0.3) is 0 Å². The van der Waals surface area contributed by atoms with Crippen molar-refractivity contribution in [3.8, 4) is 0 Å². The summed E-state index contributed by atoms with van der Waals surface area (Å²) in [6, 6.07) is 2.84. The van der Waals surface area contributed by atoms with Crippen LogP contribution in [-0.4, -0.2) is 9.97 Å². The number of hydrogen-bond donors (Lipinski definition) is 3. The van der Waals surface area contributed by atoms with E-state index in [2.05, 4.69) is 15.2 Å². The highest BCUT2D eigenvalue weighted by atomic mass is 35.5. The normalized spacial score (nSPS) is 11.2. The zero-order valence-electron chi connectivity index (χ0n) is 9.58. The van der Waals surface area contributed by atoms with Crippen molar-refractivity contribution in [2.45, 2.75) is 0 Å². The minimum atomic E-state index is -0.781. The van der Waals surface area contributed by atoms with Gasteiger partial charge in [-0.3, -0.25) is 14.8 Å². The molecule has 104 valence electrons. The quantitative estimate of drug-likeness (QED) is 0.733. The number of azo groups is 1. The van der Waals surface area contributed by atoms with Crippen LogP contribution in [0.2, 0.25) is 15.1 Å². The fraction of sp³-hybridized carbons (Fsp3) is 0. The number of H-pyrrole nitrogens is 2. The van der Waals surface area contributed by atoms with Crippen LogP contribution in [0.5, 0.6) is 0 Å². The average molecular weight is 335 g/mol. The molecule has 20 heavy (non-hydrogen) atoms. The summed E-state index contributed by atoms with van der Waals surface area (Å²) in [5, 5.41) is 8.04. The number of aromatic nitrogens is 2. The second-order valence-electron chi connectivity index (χ2n) is 3.59. The monoisotopic (exact) mass is 333 g/mol. The first-order valence-corrected chi connectivity index (χ1v) is 6.20. The number of aromatic amines is 2. The predicted molar refractivity (Wildman–Crippen MR) is 77.7 cm³/mol. The van der Waals surface area contributed by atoms with Gasteiger partial charge >= 0.3 is 5.69 Å². The van der Waals surface area contributed by atoms with Gasteiger partial charge in [-0.25, -0.2) is 4.79 Å². The van der Waals surface area contributed by atoms with E-state index in [-0.39, 0.29) is 27.2 Å². The van der Waals surface area contributed by atoms with E-state index in [4.69, 9.17) is 40.5 Å². The highest BCUT2D eigenvalue weighted by Gasteiger charge is 2.09. The van der Waals surface area contributed by atoms with Crippen molar-refractivity contribution in [3.05, 3.63) is 48.0 Å². The minimum absolute atomic E-state index is 0.128. The number of nitrogens with two attached hydrogens (primary N) is 1. The lowest BCUT2D eigenvalue weighted by Gasteiger charge is -2.01. The summed E-state index contributed by atoms with van der Waals surface area (Å²) in [6.45, 7) is 0. The summed E-state index contributed by atoms with van der Waals surface area (Å²) in [4.78, 5) is 26.6. The molecule has 0 fully saturated rings. The Bertz CT molecular complexity index is 788. The molecule has 0 aliphatic rings. The first kappa shape index (κ1) is 14.6. The lowest BCUT2D eigenvalue weighted by Crippen LogP contribution is -2.23. The maximum absolute atomic E-state index is 11.5. The van der Waals surface area contributed by atoms with E-state index < -0.39 is 11.2 Å². The number of nitrogens with zero attached hydrogens (tertiary/aromatic N) is 2. The topological polar surface area (TPSA) is 116 Å². The molecular formula is C10H6Cl3N5O2. The molecule has 7 nitrogen and oxygen atoms in total.